The molecular formula is C19H17ClN2O2S. The number of aromatic nitrogens is 1. The topological polar surface area (TPSA) is 42.4 Å². The lowest BCUT2D eigenvalue weighted by molar-refractivity contribution is 0.0600. The Labute approximate surface area is 155 Å². The molecule has 25 heavy (non-hydrogen) atoms. The fraction of sp³-hybridized carbons (Fsp3) is 0.263. The number of rotatable bonds is 3. The third kappa shape index (κ3) is 3.62. The zero-order valence-electron chi connectivity index (χ0n) is 13.5. The second-order valence-electron chi connectivity index (χ2n) is 6.07. The van der Waals surface area contributed by atoms with Gasteiger partial charge in [0.05, 0.1) is 4.88 Å². The smallest absolute Gasteiger partial charge is 0.264 e. The molecule has 1 aromatic carbocycles. The molecule has 0 radical (unpaired) electrons. The molecule has 0 bridgehead atoms. The normalized spacial score (nSPS) is 15.5. The lowest BCUT2D eigenvalue weighted by Gasteiger charge is -2.32. The van der Waals surface area contributed by atoms with E-state index in [1.54, 1.807) is 6.20 Å². The van der Waals surface area contributed by atoms with Crippen molar-refractivity contribution in [1.82, 2.24) is 9.88 Å². The predicted octanol–water partition coefficient (Wildman–Crippen LogP) is 4.63. The highest BCUT2D eigenvalue weighted by Gasteiger charge is 2.25. The van der Waals surface area contributed by atoms with Crippen LogP contribution in [0.4, 0.5) is 0 Å². The monoisotopic (exact) mass is 372 g/mol. The molecule has 0 unspecified atom stereocenters. The van der Waals surface area contributed by atoms with Crippen LogP contribution >= 0.6 is 22.9 Å². The summed E-state index contributed by atoms with van der Waals surface area (Å²) in [4.78, 5) is 20.6. The van der Waals surface area contributed by atoms with Crippen LogP contribution in [0.3, 0.4) is 0 Å². The summed E-state index contributed by atoms with van der Waals surface area (Å²) < 4.78 is 5.99. The second-order valence-corrected chi connectivity index (χ2v) is 7.54. The number of likely N-dealkylation sites (tertiary alicyclic amines) is 1. The van der Waals surface area contributed by atoms with Crippen molar-refractivity contribution in [2.75, 3.05) is 13.1 Å². The minimum absolute atomic E-state index is 0.0907. The van der Waals surface area contributed by atoms with Crippen LogP contribution in [-0.4, -0.2) is 35.0 Å². The number of hydrogen-bond acceptors (Lipinski definition) is 4. The maximum Gasteiger partial charge on any atom is 0.264 e. The molecule has 0 aliphatic carbocycles. The molecule has 1 fully saturated rings. The number of halogens is 1. The number of ether oxygens (including phenoxy) is 1. The van der Waals surface area contributed by atoms with Crippen LogP contribution in [0.1, 0.15) is 22.5 Å². The fourth-order valence-electron chi connectivity index (χ4n) is 3.02. The molecule has 0 atom stereocenters. The highest BCUT2D eigenvalue weighted by Crippen LogP contribution is 2.26. The molecule has 0 saturated carbocycles. The Morgan fingerprint density at radius 2 is 1.96 bits per heavy atom. The van der Waals surface area contributed by atoms with E-state index in [0.29, 0.717) is 18.1 Å². The number of thiophene rings is 1. The number of carbonyl (C=O) groups is 1. The third-order valence-corrected chi connectivity index (χ3v) is 5.65. The minimum Gasteiger partial charge on any atom is -0.490 e. The van der Waals surface area contributed by atoms with E-state index in [2.05, 4.69) is 4.98 Å². The third-order valence-electron chi connectivity index (χ3n) is 4.35. The first kappa shape index (κ1) is 16.4. The Balaban J connectivity index is 1.37. The quantitative estimate of drug-likeness (QED) is 0.673. The van der Waals surface area contributed by atoms with E-state index in [0.717, 1.165) is 33.7 Å². The zero-order chi connectivity index (χ0) is 17.2. The van der Waals surface area contributed by atoms with Crippen molar-refractivity contribution in [2.45, 2.75) is 18.9 Å². The van der Waals surface area contributed by atoms with Crippen molar-refractivity contribution in [1.29, 1.82) is 0 Å². The molecule has 3 heterocycles. The van der Waals surface area contributed by atoms with Crippen molar-refractivity contribution >= 4 is 39.1 Å². The van der Waals surface area contributed by atoms with Gasteiger partial charge in [0.15, 0.2) is 0 Å². The van der Waals surface area contributed by atoms with Gasteiger partial charge in [-0.3, -0.25) is 4.79 Å². The number of amides is 1. The summed E-state index contributed by atoms with van der Waals surface area (Å²) in [5, 5.41) is 1.72. The Morgan fingerprint density at radius 1 is 1.20 bits per heavy atom. The van der Waals surface area contributed by atoms with Crippen LogP contribution in [0.2, 0.25) is 5.02 Å². The lowest BCUT2D eigenvalue weighted by Crippen LogP contribution is -2.41. The van der Waals surface area contributed by atoms with Crippen LogP contribution in [0.15, 0.2) is 48.7 Å². The Hall–Kier alpha value is -2.11. The van der Waals surface area contributed by atoms with Gasteiger partial charge >= 0.3 is 0 Å². The van der Waals surface area contributed by atoms with Gasteiger partial charge in [-0.2, -0.15) is 0 Å². The van der Waals surface area contributed by atoms with Gasteiger partial charge in [0.1, 0.15) is 16.7 Å². The summed E-state index contributed by atoms with van der Waals surface area (Å²) in [6, 6.07) is 13.2. The molecule has 0 spiro atoms. The van der Waals surface area contributed by atoms with Gasteiger partial charge < -0.3 is 9.64 Å². The van der Waals surface area contributed by atoms with Gasteiger partial charge in [0.25, 0.3) is 5.91 Å². The molecule has 6 heteroatoms. The molecule has 128 valence electrons. The van der Waals surface area contributed by atoms with Gasteiger partial charge in [-0.15, -0.1) is 11.3 Å². The Morgan fingerprint density at radius 3 is 2.68 bits per heavy atom. The second kappa shape index (κ2) is 7.02. The highest BCUT2D eigenvalue weighted by atomic mass is 35.5. The van der Waals surface area contributed by atoms with Crippen molar-refractivity contribution < 1.29 is 9.53 Å². The number of fused-ring (bicyclic) bond motifs is 1. The average molecular weight is 373 g/mol. The van der Waals surface area contributed by atoms with Gasteiger partial charge in [-0.25, -0.2) is 4.98 Å². The summed E-state index contributed by atoms with van der Waals surface area (Å²) in [5.41, 5.74) is 0. The molecule has 4 nitrogen and oxygen atoms in total. The number of benzene rings is 1. The van der Waals surface area contributed by atoms with E-state index >= 15 is 0 Å². The molecule has 2 aromatic heterocycles. The molecular weight excluding hydrogens is 356 g/mol. The summed E-state index contributed by atoms with van der Waals surface area (Å²) in [7, 11) is 0. The first-order chi connectivity index (χ1) is 12.2. The van der Waals surface area contributed by atoms with E-state index in [-0.39, 0.29) is 12.0 Å². The predicted molar refractivity (Wildman–Crippen MR) is 101 cm³/mol. The minimum atomic E-state index is 0.0907. The maximum atomic E-state index is 12.7. The van der Waals surface area contributed by atoms with Crippen molar-refractivity contribution in [2.24, 2.45) is 0 Å². The average Bonchev–Trinajstić information content (AvgIpc) is 3.08. The zero-order valence-corrected chi connectivity index (χ0v) is 15.1. The Bertz CT molecular complexity index is 853. The van der Waals surface area contributed by atoms with E-state index in [4.69, 9.17) is 16.3 Å². The molecule has 1 aliphatic rings. The molecule has 1 saturated heterocycles. The number of carbonyl (C=O) groups excluding carboxylic acids is 1. The molecule has 1 aliphatic heterocycles. The van der Waals surface area contributed by atoms with E-state index in [1.165, 1.54) is 11.3 Å². The first-order valence-electron chi connectivity index (χ1n) is 8.25. The van der Waals surface area contributed by atoms with E-state index in [1.807, 2.05) is 47.4 Å². The molecule has 4 rings (SSSR count). The summed E-state index contributed by atoms with van der Waals surface area (Å²) >= 11 is 7.35. The number of hydrogen-bond donors (Lipinski definition) is 0. The van der Waals surface area contributed by atoms with Crippen LogP contribution in [0.5, 0.6) is 5.75 Å². The van der Waals surface area contributed by atoms with E-state index < -0.39 is 0 Å². The van der Waals surface area contributed by atoms with Crippen LogP contribution in [-0.2, 0) is 0 Å². The summed E-state index contributed by atoms with van der Waals surface area (Å²) in [6.45, 7) is 1.41. The van der Waals surface area contributed by atoms with Gasteiger partial charge in [0.2, 0.25) is 0 Å². The molecule has 1 amide bonds. The largest absolute Gasteiger partial charge is 0.490 e. The number of pyridine rings is 1. The van der Waals surface area contributed by atoms with Gasteiger partial charge in [-0.1, -0.05) is 17.7 Å². The van der Waals surface area contributed by atoms with Crippen molar-refractivity contribution in [3.8, 4) is 5.75 Å². The van der Waals surface area contributed by atoms with Crippen molar-refractivity contribution in [3.63, 3.8) is 0 Å². The lowest BCUT2D eigenvalue weighted by atomic mass is 10.1. The highest BCUT2D eigenvalue weighted by molar-refractivity contribution is 7.20. The van der Waals surface area contributed by atoms with Crippen LogP contribution in [0, 0.1) is 0 Å². The Kier molecular flexibility index (Phi) is 4.59. The standard InChI is InChI=1S/C19H17ClN2O2S/c20-14-3-5-15(6-4-14)24-16-7-10-22(11-8-16)19(23)17-12-13-2-1-9-21-18(13)25-17/h1-6,9,12,16H,7-8,10-11H2. The number of nitrogens with zero attached hydrogens (tertiary/aromatic N) is 2. The first-order valence-corrected chi connectivity index (χ1v) is 9.44. The van der Waals surface area contributed by atoms with Gasteiger partial charge in [-0.05, 0) is 36.4 Å². The van der Waals surface area contributed by atoms with Gasteiger partial charge in [0, 0.05) is 42.5 Å². The SMILES string of the molecule is O=C(c1cc2cccnc2s1)N1CCC(Oc2ccc(Cl)cc2)CC1. The molecule has 0 N–H and O–H groups in total. The maximum absolute atomic E-state index is 12.7. The molecule has 3 aromatic rings. The number of piperidine rings is 1. The van der Waals surface area contributed by atoms with E-state index in [9.17, 15) is 4.79 Å². The van der Waals surface area contributed by atoms with Crippen molar-refractivity contribution in [3.05, 3.63) is 58.6 Å². The van der Waals surface area contributed by atoms with Crippen LogP contribution < -0.4 is 4.74 Å². The van der Waals surface area contributed by atoms with Crippen LogP contribution in [0.25, 0.3) is 10.2 Å². The fourth-order valence-corrected chi connectivity index (χ4v) is 4.11. The summed E-state index contributed by atoms with van der Waals surface area (Å²) in [5.74, 6) is 0.915. The summed E-state index contributed by atoms with van der Waals surface area (Å²) in [6.07, 6.45) is 3.55.